The molecule has 1 aromatic carbocycles. The van der Waals surface area contributed by atoms with Crippen LogP contribution in [0.2, 0.25) is 0 Å². The number of carbonyl (C=O) groups is 1. The highest BCUT2D eigenvalue weighted by atomic mass is 16.6. The van der Waals surface area contributed by atoms with Crippen molar-refractivity contribution in [2.45, 2.75) is 57.2 Å². The van der Waals surface area contributed by atoms with Crippen LogP contribution in [0.4, 0.5) is 5.69 Å². The smallest absolute Gasteiger partial charge is 0.269 e. The summed E-state index contributed by atoms with van der Waals surface area (Å²) in [5.41, 5.74) is 0.802. The molecular weight excluding hydrogens is 294 g/mol. The molecule has 1 aromatic rings. The number of nitrogens with zero attached hydrogens (tertiary/aromatic N) is 1. The first-order chi connectivity index (χ1) is 11.0. The molecule has 23 heavy (non-hydrogen) atoms. The Hall–Kier alpha value is -1.95. The molecule has 1 aliphatic heterocycles. The molecule has 0 spiro atoms. The molecule has 1 aliphatic carbocycles. The van der Waals surface area contributed by atoms with Gasteiger partial charge < -0.3 is 10.6 Å². The lowest BCUT2D eigenvalue weighted by Gasteiger charge is -2.24. The molecule has 0 bridgehead atoms. The molecule has 2 N–H and O–H groups in total. The minimum Gasteiger partial charge on any atom is -0.348 e. The number of rotatable bonds is 4. The first kappa shape index (κ1) is 15.9. The maximum absolute atomic E-state index is 12.5. The Labute approximate surface area is 135 Å². The fraction of sp³-hybridized carbons (Fsp3) is 0.588. The van der Waals surface area contributed by atoms with Crippen molar-refractivity contribution in [1.29, 1.82) is 0 Å². The van der Waals surface area contributed by atoms with E-state index in [1.165, 1.54) is 31.4 Å². The second-order valence-electron chi connectivity index (χ2n) is 6.69. The van der Waals surface area contributed by atoms with E-state index in [-0.39, 0.29) is 23.7 Å². The molecule has 0 radical (unpaired) electrons. The molecule has 1 amide bonds. The van der Waals surface area contributed by atoms with Gasteiger partial charge in [-0.05, 0) is 37.7 Å². The first-order valence-electron chi connectivity index (χ1n) is 8.35. The standard InChI is InChI=1S/C17H23N3O3/c1-11(12-6-4-7-14(9-12)20(22)23)18-17(21)16-10-13-5-2-3-8-15(13)19-16/h4,6-7,9,11,13,15-16,19H,2-3,5,8,10H2,1H3,(H,18,21). The SMILES string of the molecule is CC(NC(=O)C1CC2CCCCC2N1)c1cccc([N+](=O)[O-])c1. The maximum Gasteiger partial charge on any atom is 0.269 e. The van der Waals surface area contributed by atoms with Gasteiger partial charge in [-0.2, -0.15) is 0 Å². The topological polar surface area (TPSA) is 84.3 Å². The zero-order chi connectivity index (χ0) is 16.4. The Balaban J connectivity index is 1.61. The molecule has 124 valence electrons. The van der Waals surface area contributed by atoms with E-state index in [9.17, 15) is 14.9 Å². The van der Waals surface area contributed by atoms with Crippen LogP contribution in [0.15, 0.2) is 24.3 Å². The molecule has 6 nitrogen and oxygen atoms in total. The average Bonchev–Trinajstić information content (AvgIpc) is 2.99. The third-order valence-electron chi connectivity index (χ3n) is 5.12. The zero-order valence-corrected chi connectivity index (χ0v) is 13.3. The predicted molar refractivity (Wildman–Crippen MR) is 86.9 cm³/mol. The summed E-state index contributed by atoms with van der Waals surface area (Å²) in [6.07, 6.45) is 5.78. The summed E-state index contributed by atoms with van der Waals surface area (Å²) in [7, 11) is 0. The van der Waals surface area contributed by atoms with Crippen molar-refractivity contribution in [3.63, 3.8) is 0 Å². The van der Waals surface area contributed by atoms with Crippen LogP contribution in [0, 0.1) is 16.0 Å². The van der Waals surface area contributed by atoms with Crippen LogP contribution in [-0.2, 0) is 4.79 Å². The van der Waals surface area contributed by atoms with E-state index >= 15 is 0 Å². The van der Waals surface area contributed by atoms with Gasteiger partial charge in [-0.15, -0.1) is 0 Å². The van der Waals surface area contributed by atoms with Crippen molar-refractivity contribution in [3.05, 3.63) is 39.9 Å². The molecule has 4 unspecified atom stereocenters. The van der Waals surface area contributed by atoms with Gasteiger partial charge in [-0.3, -0.25) is 14.9 Å². The van der Waals surface area contributed by atoms with Gasteiger partial charge in [0.25, 0.3) is 5.69 Å². The van der Waals surface area contributed by atoms with E-state index in [1.54, 1.807) is 12.1 Å². The van der Waals surface area contributed by atoms with Crippen LogP contribution in [0.1, 0.15) is 50.6 Å². The fourth-order valence-corrected chi connectivity index (χ4v) is 3.83. The molecular formula is C17H23N3O3. The van der Waals surface area contributed by atoms with Crippen LogP contribution in [0.3, 0.4) is 0 Å². The molecule has 3 rings (SSSR count). The number of hydrogen-bond donors (Lipinski definition) is 2. The van der Waals surface area contributed by atoms with Gasteiger partial charge in [0.2, 0.25) is 5.91 Å². The number of carbonyl (C=O) groups excluding carboxylic acids is 1. The number of nitro benzene ring substituents is 1. The Bertz CT molecular complexity index is 591. The summed E-state index contributed by atoms with van der Waals surface area (Å²) in [6.45, 7) is 1.86. The minimum atomic E-state index is -0.415. The summed E-state index contributed by atoms with van der Waals surface area (Å²) in [4.78, 5) is 22.9. The summed E-state index contributed by atoms with van der Waals surface area (Å²) >= 11 is 0. The predicted octanol–water partition coefficient (Wildman–Crippen LogP) is 2.69. The lowest BCUT2D eigenvalue weighted by Crippen LogP contribution is -2.43. The van der Waals surface area contributed by atoms with Gasteiger partial charge >= 0.3 is 0 Å². The highest BCUT2D eigenvalue weighted by Gasteiger charge is 2.38. The Kier molecular flexibility index (Phi) is 4.61. The van der Waals surface area contributed by atoms with Crippen molar-refractivity contribution in [2.75, 3.05) is 0 Å². The second kappa shape index (κ2) is 6.66. The normalized spacial score (nSPS) is 28.0. The highest BCUT2D eigenvalue weighted by Crippen LogP contribution is 2.33. The number of non-ortho nitro benzene ring substituents is 1. The Morgan fingerprint density at radius 1 is 1.39 bits per heavy atom. The lowest BCUT2D eigenvalue weighted by atomic mass is 9.85. The van der Waals surface area contributed by atoms with Crippen molar-refractivity contribution in [1.82, 2.24) is 10.6 Å². The van der Waals surface area contributed by atoms with Crippen molar-refractivity contribution >= 4 is 11.6 Å². The van der Waals surface area contributed by atoms with Gasteiger partial charge in [-0.25, -0.2) is 0 Å². The van der Waals surface area contributed by atoms with Crippen LogP contribution in [0.25, 0.3) is 0 Å². The number of hydrogen-bond acceptors (Lipinski definition) is 4. The van der Waals surface area contributed by atoms with E-state index in [0.29, 0.717) is 12.0 Å². The van der Waals surface area contributed by atoms with E-state index in [4.69, 9.17) is 0 Å². The number of nitrogens with one attached hydrogen (secondary N) is 2. The molecule has 1 saturated heterocycles. The van der Waals surface area contributed by atoms with Crippen LogP contribution < -0.4 is 10.6 Å². The number of amides is 1. The van der Waals surface area contributed by atoms with E-state index in [2.05, 4.69) is 10.6 Å². The number of nitro groups is 1. The Morgan fingerprint density at radius 2 is 2.17 bits per heavy atom. The van der Waals surface area contributed by atoms with Crippen molar-refractivity contribution in [3.8, 4) is 0 Å². The summed E-state index contributed by atoms with van der Waals surface area (Å²) < 4.78 is 0. The molecule has 1 heterocycles. The van der Waals surface area contributed by atoms with Crippen LogP contribution in [-0.4, -0.2) is 22.9 Å². The zero-order valence-electron chi connectivity index (χ0n) is 13.3. The monoisotopic (exact) mass is 317 g/mol. The van der Waals surface area contributed by atoms with Gasteiger partial charge in [0, 0.05) is 18.2 Å². The summed E-state index contributed by atoms with van der Waals surface area (Å²) in [5, 5.41) is 17.3. The summed E-state index contributed by atoms with van der Waals surface area (Å²) in [5.74, 6) is 0.617. The fourth-order valence-electron chi connectivity index (χ4n) is 3.83. The highest BCUT2D eigenvalue weighted by molar-refractivity contribution is 5.82. The molecule has 2 fully saturated rings. The van der Waals surface area contributed by atoms with Crippen molar-refractivity contribution < 1.29 is 9.72 Å². The largest absolute Gasteiger partial charge is 0.348 e. The summed E-state index contributed by atoms with van der Waals surface area (Å²) in [6, 6.07) is 6.54. The number of benzene rings is 1. The quantitative estimate of drug-likeness (QED) is 0.660. The molecule has 2 aliphatic rings. The van der Waals surface area contributed by atoms with E-state index in [1.807, 2.05) is 6.92 Å². The minimum absolute atomic E-state index is 0.00148. The third kappa shape index (κ3) is 3.52. The third-order valence-corrected chi connectivity index (χ3v) is 5.12. The molecule has 0 aromatic heterocycles. The van der Waals surface area contributed by atoms with Gasteiger partial charge in [0.15, 0.2) is 0 Å². The maximum atomic E-state index is 12.5. The number of fused-ring (bicyclic) bond motifs is 1. The van der Waals surface area contributed by atoms with Gasteiger partial charge in [-0.1, -0.05) is 25.0 Å². The molecule has 4 atom stereocenters. The molecule has 6 heteroatoms. The average molecular weight is 317 g/mol. The second-order valence-corrected chi connectivity index (χ2v) is 6.69. The van der Waals surface area contributed by atoms with Crippen LogP contribution >= 0.6 is 0 Å². The lowest BCUT2D eigenvalue weighted by molar-refractivity contribution is -0.384. The van der Waals surface area contributed by atoms with E-state index < -0.39 is 4.92 Å². The Morgan fingerprint density at radius 3 is 2.91 bits per heavy atom. The van der Waals surface area contributed by atoms with Crippen LogP contribution in [0.5, 0.6) is 0 Å². The van der Waals surface area contributed by atoms with Gasteiger partial charge in [0.05, 0.1) is 17.0 Å². The van der Waals surface area contributed by atoms with Gasteiger partial charge in [0.1, 0.15) is 0 Å². The van der Waals surface area contributed by atoms with E-state index in [0.717, 1.165) is 18.4 Å². The van der Waals surface area contributed by atoms with Crippen molar-refractivity contribution in [2.24, 2.45) is 5.92 Å². The first-order valence-corrected chi connectivity index (χ1v) is 8.35. The molecule has 1 saturated carbocycles.